The normalized spacial score (nSPS) is 13.0. The second-order valence-corrected chi connectivity index (χ2v) is 5.55. The van der Waals surface area contributed by atoms with E-state index in [-0.39, 0.29) is 0 Å². The van der Waals surface area contributed by atoms with E-state index in [1.54, 1.807) is 0 Å². The highest BCUT2D eigenvalue weighted by atomic mass is 14.3. The van der Waals surface area contributed by atoms with Crippen LogP contribution in [0.3, 0.4) is 0 Å². The molecule has 0 N–H and O–H groups in total. The fraction of sp³-hybridized carbons (Fsp3) is 0.0476. The van der Waals surface area contributed by atoms with Crippen molar-refractivity contribution in [2.45, 2.75) is 6.92 Å². The minimum atomic E-state index is 1.11. The molecule has 0 fully saturated rings. The number of hydrogen-bond acceptors (Lipinski definition) is 0. The van der Waals surface area contributed by atoms with Crippen LogP contribution in [0.2, 0.25) is 0 Å². The van der Waals surface area contributed by atoms with Crippen molar-refractivity contribution in [1.82, 2.24) is 0 Å². The smallest absolute Gasteiger partial charge is 0.00296 e. The molecule has 0 saturated carbocycles. The van der Waals surface area contributed by atoms with Crippen LogP contribution >= 0.6 is 0 Å². The van der Waals surface area contributed by atoms with Crippen LogP contribution in [-0.4, -0.2) is 0 Å². The molecule has 0 atom stereocenters. The Morgan fingerprint density at radius 1 is 0.762 bits per heavy atom. The summed E-state index contributed by atoms with van der Waals surface area (Å²) in [5, 5.41) is 2.67. The van der Waals surface area contributed by atoms with E-state index in [0.717, 1.165) is 5.57 Å². The molecule has 0 saturated heterocycles. The molecular formula is C21H16. The topological polar surface area (TPSA) is 0 Å². The highest BCUT2D eigenvalue weighted by molar-refractivity contribution is 6.24. The van der Waals surface area contributed by atoms with E-state index in [1.165, 1.54) is 38.6 Å². The number of allylic oxidation sites excluding steroid dienone is 3. The first-order valence-electron chi connectivity index (χ1n) is 7.25. The standard InChI is InChI=1S/C21H16/c1-14(16-8-4-3-5-9-16)20-15(2)18-12-6-10-17-11-7-13-19(20)21(17)18/h3-13H,1H2,2H3. The molecule has 21 heavy (non-hydrogen) atoms. The Kier molecular flexibility index (Phi) is 2.58. The van der Waals surface area contributed by atoms with Crippen LogP contribution in [0.5, 0.6) is 0 Å². The first kappa shape index (κ1) is 12.2. The van der Waals surface area contributed by atoms with Gasteiger partial charge in [0.2, 0.25) is 0 Å². The zero-order chi connectivity index (χ0) is 14.4. The first-order chi connectivity index (χ1) is 10.3. The van der Waals surface area contributed by atoms with Gasteiger partial charge >= 0.3 is 0 Å². The fourth-order valence-electron chi connectivity index (χ4n) is 3.37. The molecule has 0 spiro atoms. The largest absolute Gasteiger partial charge is 0.0905 e. The monoisotopic (exact) mass is 268 g/mol. The van der Waals surface area contributed by atoms with Crippen LogP contribution in [0.15, 0.2) is 73.3 Å². The maximum absolute atomic E-state index is 4.37. The maximum Gasteiger partial charge on any atom is -0.00296 e. The Morgan fingerprint density at radius 3 is 2.14 bits per heavy atom. The molecule has 3 aromatic carbocycles. The third-order valence-electron chi connectivity index (χ3n) is 4.38. The summed E-state index contributed by atoms with van der Waals surface area (Å²) < 4.78 is 0. The summed E-state index contributed by atoms with van der Waals surface area (Å²) in [7, 11) is 0. The molecule has 0 unspecified atom stereocenters. The zero-order valence-corrected chi connectivity index (χ0v) is 12.1. The molecule has 0 radical (unpaired) electrons. The SMILES string of the molecule is C=C(C1=C(C)c2cccc3cccc1c23)c1ccccc1. The number of hydrogen-bond donors (Lipinski definition) is 0. The second kappa shape index (κ2) is 4.46. The molecule has 0 bridgehead atoms. The molecule has 3 aromatic rings. The molecule has 0 heterocycles. The van der Waals surface area contributed by atoms with Crippen LogP contribution in [0, 0.1) is 0 Å². The molecule has 0 aliphatic heterocycles. The fourth-order valence-corrected chi connectivity index (χ4v) is 3.37. The van der Waals surface area contributed by atoms with Gasteiger partial charge in [-0.15, -0.1) is 0 Å². The van der Waals surface area contributed by atoms with Crippen molar-refractivity contribution in [3.8, 4) is 0 Å². The lowest BCUT2D eigenvalue weighted by molar-refractivity contribution is 1.62. The minimum absolute atomic E-state index is 1.11. The molecular weight excluding hydrogens is 252 g/mol. The van der Waals surface area contributed by atoms with Crippen molar-refractivity contribution < 1.29 is 0 Å². The third kappa shape index (κ3) is 1.69. The summed E-state index contributed by atoms with van der Waals surface area (Å²) in [6.45, 7) is 6.58. The summed E-state index contributed by atoms with van der Waals surface area (Å²) in [6.07, 6.45) is 0. The van der Waals surface area contributed by atoms with E-state index in [1.807, 2.05) is 6.07 Å². The Labute approximate surface area is 125 Å². The number of rotatable bonds is 2. The van der Waals surface area contributed by atoms with Gasteiger partial charge in [-0.2, -0.15) is 0 Å². The average molecular weight is 268 g/mol. The van der Waals surface area contributed by atoms with Crippen molar-refractivity contribution in [2.24, 2.45) is 0 Å². The van der Waals surface area contributed by atoms with Gasteiger partial charge in [0.25, 0.3) is 0 Å². The van der Waals surface area contributed by atoms with Crippen molar-refractivity contribution in [1.29, 1.82) is 0 Å². The van der Waals surface area contributed by atoms with Gasteiger partial charge in [-0.25, -0.2) is 0 Å². The van der Waals surface area contributed by atoms with Gasteiger partial charge < -0.3 is 0 Å². The third-order valence-corrected chi connectivity index (χ3v) is 4.38. The molecule has 0 aromatic heterocycles. The average Bonchev–Trinajstić information content (AvgIpc) is 2.83. The predicted octanol–water partition coefficient (Wildman–Crippen LogP) is 5.80. The Balaban J connectivity index is 1.98. The Morgan fingerprint density at radius 2 is 1.43 bits per heavy atom. The van der Waals surface area contributed by atoms with Gasteiger partial charge in [-0.3, -0.25) is 0 Å². The lowest BCUT2D eigenvalue weighted by atomic mass is 9.93. The van der Waals surface area contributed by atoms with Crippen LogP contribution in [0.1, 0.15) is 23.6 Å². The molecule has 1 aliphatic carbocycles. The zero-order valence-electron chi connectivity index (χ0n) is 12.1. The summed E-state index contributed by atoms with van der Waals surface area (Å²) in [5.41, 5.74) is 7.57. The van der Waals surface area contributed by atoms with Crippen molar-refractivity contribution >= 4 is 27.5 Å². The van der Waals surface area contributed by atoms with Crippen molar-refractivity contribution in [2.75, 3.05) is 0 Å². The number of benzene rings is 3. The summed E-state index contributed by atoms with van der Waals surface area (Å²) in [6, 6.07) is 23.5. The molecule has 0 amide bonds. The molecule has 1 aliphatic rings. The summed E-state index contributed by atoms with van der Waals surface area (Å²) in [5.74, 6) is 0. The Bertz CT molecular complexity index is 890. The van der Waals surface area contributed by atoms with Gasteiger partial charge in [-0.05, 0) is 51.1 Å². The molecule has 0 heteroatoms. The lowest BCUT2D eigenvalue weighted by Gasteiger charge is -2.11. The Hall–Kier alpha value is -2.60. The molecule has 0 nitrogen and oxygen atoms in total. The van der Waals surface area contributed by atoms with Gasteiger partial charge in [0, 0.05) is 0 Å². The van der Waals surface area contributed by atoms with Crippen molar-refractivity contribution in [3.63, 3.8) is 0 Å². The van der Waals surface area contributed by atoms with Gasteiger partial charge in [0.05, 0.1) is 0 Å². The van der Waals surface area contributed by atoms with Gasteiger partial charge in [-0.1, -0.05) is 73.3 Å². The summed E-state index contributed by atoms with van der Waals surface area (Å²) in [4.78, 5) is 0. The predicted molar refractivity (Wildman–Crippen MR) is 91.9 cm³/mol. The van der Waals surface area contributed by atoms with E-state index >= 15 is 0 Å². The van der Waals surface area contributed by atoms with E-state index in [2.05, 4.69) is 74.2 Å². The van der Waals surface area contributed by atoms with Gasteiger partial charge in [0.15, 0.2) is 0 Å². The van der Waals surface area contributed by atoms with Crippen LogP contribution < -0.4 is 0 Å². The van der Waals surface area contributed by atoms with E-state index in [4.69, 9.17) is 0 Å². The highest BCUT2D eigenvalue weighted by Crippen LogP contribution is 2.46. The summed E-state index contributed by atoms with van der Waals surface area (Å²) >= 11 is 0. The van der Waals surface area contributed by atoms with Crippen LogP contribution in [0.25, 0.3) is 27.5 Å². The minimum Gasteiger partial charge on any atom is -0.0905 e. The maximum atomic E-state index is 4.37. The lowest BCUT2D eigenvalue weighted by Crippen LogP contribution is -1.88. The first-order valence-corrected chi connectivity index (χ1v) is 7.25. The van der Waals surface area contributed by atoms with E-state index < -0.39 is 0 Å². The van der Waals surface area contributed by atoms with E-state index in [9.17, 15) is 0 Å². The van der Waals surface area contributed by atoms with Crippen LogP contribution in [0.4, 0.5) is 0 Å². The molecule has 4 rings (SSSR count). The van der Waals surface area contributed by atoms with Crippen LogP contribution in [-0.2, 0) is 0 Å². The van der Waals surface area contributed by atoms with Crippen molar-refractivity contribution in [3.05, 3.63) is 90.0 Å². The molecule has 100 valence electrons. The quantitative estimate of drug-likeness (QED) is 0.551. The van der Waals surface area contributed by atoms with E-state index in [0.29, 0.717) is 0 Å². The second-order valence-electron chi connectivity index (χ2n) is 5.55. The van der Waals surface area contributed by atoms with Gasteiger partial charge in [0.1, 0.15) is 0 Å². The highest BCUT2D eigenvalue weighted by Gasteiger charge is 2.23.